The summed E-state index contributed by atoms with van der Waals surface area (Å²) in [6.07, 6.45) is 1.79. The molecule has 1 atom stereocenters. The average Bonchev–Trinajstić information content (AvgIpc) is 3.27. The van der Waals surface area contributed by atoms with E-state index in [0.29, 0.717) is 11.1 Å². The predicted molar refractivity (Wildman–Crippen MR) is 116 cm³/mol. The Morgan fingerprint density at radius 1 is 1.00 bits per heavy atom. The summed E-state index contributed by atoms with van der Waals surface area (Å²) in [7, 11) is 1.64. The van der Waals surface area contributed by atoms with Crippen molar-refractivity contribution >= 4 is 33.2 Å². The van der Waals surface area contributed by atoms with Crippen molar-refractivity contribution in [1.29, 1.82) is 0 Å². The Bertz CT molecular complexity index is 1480. The predicted octanol–water partition coefficient (Wildman–Crippen LogP) is 4.92. The van der Waals surface area contributed by atoms with Crippen molar-refractivity contribution in [2.45, 2.75) is 5.92 Å². The van der Waals surface area contributed by atoms with Crippen LogP contribution < -0.4 is 15.7 Å². The minimum absolute atomic E-state index is 0.313. The summed E-state index contributed by atoms with van der Waals surface area (Å²) in [5, 5.41) is 12.7. The van der Waals surface area contributed by atoms with Gasteiger partial charge in [0.25, 0.3) is 0 Å². The number of hydrogen-bond donors (Lipinski definition) is 2. The van der Waals surface area contributed by atoms with E-state index in [1.54, 1.807) is 13.3 Å². The molecule has 2 aromatic heterocycles. The summed E-state index contributed by atoms with van der Waals surface area (Å²) < 4.78 is 11.0. The Hall–Kier alpha value is -4.06. The molecular formula is C24H17N3O3. The number of benzene rings is 3. The van der Waals surface area contributed by atoms with E-state index in [0.717, 1.165) is 44.5 Å². The lowest BCUT2D eigenvalue weighted by Crippen LogP contribution is -2.22. The topological polar surface area (TPSA) is 80.2 Å². The number of aromatic amines is 1. The Balaban J connectivity index is 1.72. The molecule has 30 heavy (non-hydrogen) atoms. The lowest BCUT2D eigenvalue weighted by Gasteiger charge is -2.30. The largest absolute Gasteiger partial charge is 0.497 e. The standard InChI is InChI=1S/C24H17N3O3/c1-29-15-9-6-13(7-10-15)19-20-17(11-8-14-12-25-27-22(14)20)26-23-16-4-2-3-5-18(16)30-24(28)21(19)23/h2-12,19,26H,1H3,(H,25,27). The number of aromatic nitrogens is 2. The molecule has 1 aliphatic heterocycles. The van der Waals surface area contributed by atoms with Crippen LogP contribution in [0.3, 0.4) is 0 Å². The van der Waals surface area contributed by atoms with Crippen LogP contribution >= 0.6 is 0 Å². The summed E-state index contributed by atoms with van der Waals surface area (Å²) in [6.45, 7) is 0. The number of fused-ring (bicyclic) bond motifs is 6. The van der Waals surface area contributed by atoms with Gasteiger partial charge < -0.3 is 14.5 Å². The molecule has 0 saturated heterocycles. The van der Waals surface area contributed by atoms with Gasteiger partial charge in [-0.1, -0.05) is 24.3 Å². The first kappa shape index (κ1) is 16.9. The van der Waals surface area contributed by atoms with Gasteiger partial charge in [0.05, 0.1) is 30.1 Å². The fourth-order valence-corrected chi connectivity index (χ4v) is 4.41. The lowest BCUT2D eigenvalue weighted by atomic mass is 9.80. The van der Waals surface area contributed by atoms with E-state index in [4.69, 9.17) is 9.15 Å². The summed E-state index contributed by atoms with van der Waals surface area (Å²) in [4.78, 5) is 13.2. The van der Waals surface area contributed by atoms with Crippen LogP contribution in [0.2, 0.25) is 0 Å². The first-order valence-electron chi connectivity index (χ1n) is 9.67. The Morgan fingerprint density at radius 2 is 1.83 bits per heavy atom. The maximum atomic E-state index is 13.2. The zero-order valence-corrected chi connectivity index (χ0v) is 16.1. The van der Waals surface area contributed by atoms with Gasteiger partial charge in [-0.3, -0.25) is 5.10 Å². The highest BCUT2D eigenvalue weighted by molar-refractivity contribution is 5.99. The molecule has 2 N–H and O–H groups in total. The molecule has 3 heterocycles. The van der Waals surface area contributed by atoms with Crippen LogP contribution in [-0.2, 0) is 0 Å². The molecule has 0 amide bonds. The van der Waals surface area contributed by atoms with Crippen molar-refractivity contribution in [3.05, 3.63) is 94.0 Å². The molecule has 0 spiro atoms. The van der Waals surface area contributed by atoms with Gasteiger partial charge in [0.1, 0.15) is 11.3 Å². The van der Waals surface area contributed by atoms with E-state index in [1.807, 2.05) is 60.7 Å². The van der Waals surface area contributed by atoms with Crippen molar-refractivity contribution < 1.29 is 9.15 Å². The van der Waals surface area contributed by atoms with Gasteiger partial charge in [-0.25, -0.2) is 4.79 Å². The fraction of sp³-hybridized carbons (Fsp3) is 0.0833. The minimum Gasteiger partial charge on any atom is -0.497 e. The van der Waals surface area contributed by atoms with E-state index in [2.05, 4.69) is 15.5 Å². The molecule has 5 aromatic rings. The van der Waals surface area contributed by atoms with E-state index in [1.165, 1.54) is 0 Å². The molecule has 1 aliphatic rings. The third kappa shape index (κ3) is 2.30. The summed E-state index contributed by atoms with van der Waals surface area (Å²) >= 11 is 0. The molecule has 146 valence electrons. The quantitative estimate of drug-likeness (QED) is 0.407. The maximum Gasteiger partial charge on any atom is 0.342 e. The second-order valence-electron chi connectivity index (χ2n) is 7.37. The highest BCUT2D eigenvalue weighted by atomic mass is 16.5. The molecule has 6 nitrogen and oxygen atoms in total. The van der Waals surface area contributed by atoms with Crippen LogP contribution in [0.15, 0.2) is 76.1 Å². The molecule has 1 unspecified atom stereocenters. The van der Waals surface area contributed by atoms with Gasteiger partial charge in [0.15, 0.2) is 0 Å². The number of hydrogen-bond acceptors (Lipinski definition) is 5. The van der Waals surface area contributed by atoms with Gasteiger partial charge in [-0.05, 0) is 42.0 Å². The van der Waals surface area contributed by atoms with Gasteiger partial charge in [-0.15, -0.1) is 0 Å². The average molecular weight is 395 g/mol. The molecule has 0 fully saturated rings. The zero-order valence-electron chi connectivity index (χ0n) is 16.1. The van der Waals surface area contributed by atoms with Crippen molar-refractivity contribution in [3.63, 3.8) is 0 Å². The SMILES string of the molecule is COc1ccc(C2c3c(c4ccccc4oc3=O)Nc3ccc4cn[nH]c4c32)cc1. The number of rotatable bonds is 2. The van der Waals surface area contributed by atoms with E-state index >= 15 is 0 Å². The number of nitrogens with zero attached hydrogens (tertiary/aromatic N) is 1. The lowest BCUT2D eigenvalue weighted by molar-refractivity contribution is 0.414. The van der Waals surface area contributed by atoms with Crippen LogP contribution in [0.25, 0.3) is 21.9 Å². The Kier molecular flexibility index (Phi) is 3.49. The highest BCUT2D eigenvalue weighted by Crippen LogP contribution is 2.48. The minimum atomic E-state index is -0.348. The fourth-order valence-electron chi connectivity index (χ4n) is 4.41. The van der Waals surface area contributed by atoms with Crippen molar-refractivity contribution in [1.82, 2.24) is 10.2 Å². The van der Waals surface area contributed by atoms with Crippen molar-refractivity contribution in [2.24, 2.45) is 0 Å². The van der Waals surface area contributed by atoms with Gasteiger partial charge in [-0.2, -0.15) is 5.10 Å². The van der Waals surface area contributed by atoms with Crippen LogP contribution in [-0.4, -0.2) is 17.3 Å². The van der Waals surface area contributed by atoms with Crippen LogP contribution in [0.4, 0.5) is 11.4 Å². The normalized spacial score (nSPS) is 14.9. The molecule has 0 saturated carbocycles. The van der Waals surface area contributed by atoms with Crippen molar-refractivity contribution in [3.8, 4) is 5.75 Å². The number of H-pyrrole nitrogens is 1. The second-order valence-corrected chi connectivity index (χ2v) is 7.37. The van der Waals surface area contributed by atoms with Crippen LogP contribution in [0.5, 0.6) is 5.75 Å². The molecule has 6 heteroatoms. The monoisotopic (exact) mass is 395 g/mol. The Morgan fingerprint density at radius 3 is 2.67 bits per heavy atom. The molecular weight excluding hydrogens is 378 g/mol. The first-order chi connectivity index (χ1) is 14.7. The van der Waals surface area contributed by atoms with Crippen LogP contribution in [0, 0.1) is 0 Å². The van der Waals surface area contributed by atoms with Gasteiger partial charge in [0, 0.05) is 27.9 Å². The van der Waals surface area contributed by atoms with Gasteiger partial charge in [0.2, 0.25) is 0 Å². The number of para-hydroxylation sites is 1. The first-order valence-corrected chi connectivity index (χ1v) is 9.67. The van der Waals surface area contributed by atoms with E-state index in [-0.39, 0.29) is 11.5 Å². The zero-order chi connectivity index (χ0) is 20.2. The second kappa shape index (κ2) is 6.22. The number of nitrogens with one attached hydrogen (secondary N) is 2. The summed E-state index contributed by atoms with van der Waals surface area (Å²) in [5.74, 6) is 0.450. The molecule has 3 aromatic carbocycles. The number of methoxy groups -OCH3 is 1. The Labute approximate surface area is 171 Å². The molecule has 6 rings (SSSR count). The maximum absolute atomic E-state index is 13.2. The van der Waals surface area contributed by atoms with E-state index in [9.17, 15) is 4.79 Å². The number of ether oxygens (including phenoxy) is 1. The summed E-state index contributed by atoms with van der Waals surface area (Å²) in [6, 6.07) is 19.5. The van der Waals surface area contributed by atoms with Gasteiger partial charge >= 0.3 is 5.63 Å². The van der Waals surface area contributed by atoms with E-state index < -0.39 is 0 Å². The smallest absolute Gasteiger partial charge is 0.342 e. The van der Waals surface area contributed by atoms with Crippen molar-refractivity contribution in [2.75, 3.05) is 12.4 Å². The molecule has 0 bridgehead atoms. The van der Waals surface area contributed by atoms with Crippen LogP contribution in [0.1, 0.15) is 22.6 Å². The number of anilines is 2. The summed E-state index contributed by atoms with van der Waals surface area (Å²) in [5.41, 5.74) is 5.39. The third-order valence-corrected chi connectivity index (χ3v) is 5.79. The molecule has 0 aliphatic carbocycles. The highest BCUT2D eigenvalue weighted by Gasteiger charge is 2.34. The molecule has 0 radical (unpaired) electrons. The third-order valence-electron chi connectivity index (χ3n) is 5.79.